The number of nitrogens with zero attached hydrogens (tertiary/aromatic N) is 5. The maximum Gasteiger partial charge on any atom is 0.451 e. The molecule has 3 atom stereocenters. The second-order valence-electron chi connectivity index (χ2n) is 12.6. The fraction of sp³-hybridized carbons (Fsp3) is 0.343. The molecule has 2 aromatic carbocycles. The minimum absolute atomic E-state index is 0.0654. The SMILES string of the molecule is COc1nc(-c2cccc(-c3cccc(Nc4nc(C(F)(F)F)nc5c4c(=O)n(C)c(=O)n5C)c3Cl)c2Cl)cc2c1[C@@H](N[C@H]1CCOC[C@H]1O)CC2. The van der Waals surface area contributed by atoms with Crippen molar-refractivity contribution in [2.45, 2.75) is 43.6 Å². The number of hydrogen-bond donors (Lipinski definition) is 3. The Morgan fingerprint density at radius 3 is 2.40 bits per heavy atom. The molecule has 0 saturated carbocycles. The predicted molar refractivity (Wildman–Crippen MR) is 189 cm³/mol. The molecule has 0 unspecified atom stereocenters. The summed E-state index contributed by atoms with van der Waals surface area (Å²) in [6, 6.07) is 11.9. The molecule has 2 aliphatic rings. The van der Waals surface area contributed by atoms with E-state index in [1.54, 1.807) is 31.4 Å². The summed E-state index contributed by atoms with van der Waals surface area (Å²) in [4.78, 5) is 37.7. The molecule has 3 aromatic heterocycles. The van der Waals surface area contributed by atoms with E-state index >= 15 is 0 Å². The predicted octanol–water partition coefficient (Wildman–Crippen LogP) is 5.56. The number of benzene rings is 2. The van der Waals surface area contributed by atoms with Gasteiger partial charge >= 0.3 is 11.9 Å². The van der Waals surface area contributed by atoms with E-state index < -0.39 is 40.8 Å². The van der Waals surface area contributed by atoms with E-state index in [0.717, 1.165) is 33.1 Å². The van der Waals surface area contributed by atoms with Crippen molar-refractivity contribution in [2.24, 2.45) is 14.1 Å². The van der Waals surface area contributed by atoms with E-state index in [-0.39, 0.29) is 34.8 Å². The summed E-state index contributed by atoms with van der Waals surface area (Å²) in [7, 11) is 3.96. The Morgan fingerprint density at radius 1 is 0.981 bits per heavy atom. The molecule has 272 valence electrons. The number of aliphatic hydroxyl groups is 1. The topological polar surface area (TPSA) is 145 Å². The van der Waals surface area contributed by atoms with Crippen molar-refractivity contribution in [3.8, 4) is 28.3 Å². The lowest BCUT2D eigenvalue weighted by molar-refractivity contribution is -0.144. The number of hydrogen-bond acceptors (Lipinski definition) is 10. The highest BCUT2D eigenvalue weighted by atomic mass is 35.5. The van der Waals surface area contributed by atoms with Crippen LogP contribution in [-0.2, 0) is 31.4 Å². The molecular formula is C35H32Cl2F3N7O5. The average Bonchev–Trinajstić information content (AvgIpc) is 3.53. The fourth-order valence-electron chi connectivity index (χ4n) is 6.82. The molecule has 1 aliphatic heterocycles. The van der Waals surface area contributed by atoms with Gasteiger partial charge in [-0.3, -0.25) is 13.9 Å². The third-order valence-corrected chi connectivity index (χ3v) is 10.3. The van der Waals surface area contributed by atoms with E-state index in [1.165, 1.54) is 20.2 Å². The van der Waals surface area contributed by atoms with E-state index in [2.05, 4.69) is 20.6 Å². The van der Waals surface area contributed by atoms with E-state index in [0.29, 0.717) is 46.3 Å². The molecule has 0 bridgehead atoms. The number of aromatic nitrogens is 5. The smallest absolute Gasteiger partial charge is 0.451 e. The average molecular weight is 759 g/mol. The Balaban J connectivity index is 1.27. The van der Waals surface area contributed by atoms with Crippen LogP contribution >= 0.6 is 23.2 Å². The van der Waals surface area contributed by atoms with Crippen LogP contribution in [-0.4, -0.2) is 61.7 Å². The summed E-state index contributed by atoms with van der Waals surface area (Å²) in [6.45, 7) is 0.848. The van der Waals surface area contributed by atoms with Crippen molar-refractivity contribution in [3.05, 3.63) is 90.3 Å². The van der Waals surface area contributed by atoms with Crippen LogP contribution in [0.1, 0.15) is 35.8 Å². The number of methoxy groups -OCH3 is 1. The van der Waals surface area contributed by atoms with Gasteiger partial charge in [0.1, 0.15) is 11.2 Å². The van der Waals surface area contributed by atoms with Crippen LogP contribution in [0.2, 0.25) is 10.0 Å². The molecular weight excluding hydrogens is 726 g/mol. The lowest BCUT2D eigenvalue weighted by atomic mass is 9.99. The molecule has 5 aromatic rings. The van der Waals surface area contributed by atoms with Crippen molar-refractivity contribution in [2.75, 3.05) is 25.6 Å². The number of ether oxygens (including phenoxy) is 2. The van der Waals surface area contributed by atoms with Crippen LogP contribution in [0.25, 0.3) is 33.4 Å². The Morgan fingerprint density at radius 2 is 1.69 bits per heavy atom. The standard InChI is InChI=1S/C35H32Cl2F3N7O5/c1-46-30-26(32(49)47(2)34(46)50)29(44-33(45-30)35(38,39)40)42-22-9-5-7-18(28(22)37)17-6-4-8-19(27(17)36)23-14-16-10-11-21(25(16)31(43-23)51-3)41-20-12-13-52-15-24(20)48/h4-9,14,20-21,24,41,48H,10-13,15H2,1-3H3,(H,42,44,45)/t20-,21-,24+/m0/s1. The van der Waals surface area contributed by atoms with Gasteiger partial charge in [-0.2, -0.15) is 13.2 Å². The first-order chi connectivity index (χ1) is 24.8. The Kier molecular flexibility index (Phi) is 9.50. The first-order valence-corrected chi connectivity index (χ1v) is 17.0. The van der Waals surface area contributed by atoms with Crippen LogP contribution in [0.3, 0.4) is 0 Å². The minimum Gasteiger partial charge on any atom is -0.481 e. The molecule has 3 N–H and O–H groups in total. The largest absolute Gasteiger partial charge is 0.481 e. The van der Waals surface area contributed by atoms with Gasteiger partial charge in [0.2, 0.25) is 11.7 Å². The zero-order valence-electron chi connectivity index (χ0n) is 28.0. The number of anilines is 2. The molecule has 1 aliphatic carbocycles. The highest BCUT2D eigenvalue weighted by Gasteiger charge is 2.37. The quantitative estimate of drug-likeness (QED) is 0.193. The van der Waals surface area contributed by atoms with Crippen LogP contribution in [0.4, 0.5) is 24.7 Å². The second kappa shape index (κ2) is 13.8. The van der Waals surface area contributed by atoms with Crippen LogP contribution in [0.15, 0.2) is 52.1 Å². The summed E-state index contributed by atoms with van der Waals surface area (Å²) in [5.41, 5.74) is 1.93. The molecule has 17 heteroatoms. The van der Waals surface area contributed by atoms with Crippen molar-refractivity contribution < 1.29 is 27.8 Å². The van der Waals surface area contributed by atoms with Crippen molar-refractivity contribution in [1.29, 1.82) is 0 Å². The van der Waals surface area contributed by atoms with Gasteiger partial charge in [-0.1, -0.05) is 53.5 Å². The number of fused-ring (bicyclic) bond motifs is 2. The molecule has 1 fully saturated rings. The summed E-state index contributed by atoms with van der Waals surface area (Å²) in [5.74, 6) is -1.59. The molecule has 12 nitrogen and oxygen atoms in total. The Labute approximate surface area is 304 Å². The van der Waals surface area contributed by atoms with Gasteiger partial charge in [0.15, 0.2) is 5.65 Å². The van der Waals surface area contributed by atoms with Gasteiger partial charge in [-0.05, 0) is 37.0 Å². The highest BCUT2D eigenvalue weighted by molar-refractivity contribution is 6.39. The van der Waals surface area contributed by atoms with Crippen molar-refractivity contribution in [1.82, 2.24) is 29.4 Å². The molecule has 0 amide bonds. The maximum atomic E-state index is 13.9. The lowest BCUT2D eigenvalue weighted by Gasteiger charge is -2.31. The normalized spacial score (nSPS) is 18.8. The summed E-state index contributed by atoms with van der Waals surface area (Å²) < 4.78 is 54.4. The van der Waals surface area contributed by atoms with E-state index in [1.807, 2.05) is 12.1 Å². The van der Waals surface area contributed by atoms with Gasteiger partial charge in [0.25, 0.3) is 5.56 Å². The fourth-order valence-corrected chi connectivity index (χ4v) is 7.42. The Hall–Kier alpha value is -4.54. The van der Waals surface area contributed by atoms with Gasteiger partial charge in [-0.15, -0.1) is 0 Å². The molecule has 7 rings (SSSR count). The van der Waals surface area contributed by atoms with Gasteiger partial charge in [0, 0.05) is 55.0 Å². The van der Waals surface area contributed by atoms with Crippen molar-refractivity contribution >= 4 is 45.7 Å². The number of aryl methyl sites for hydroxylation is 2. The monoisotopic (exact) mass is 757 g/mol. The lowest BCUT2D eigenvalue weighted by Crippen LogP contribution is -2.47. The van der Waals surface area contributed by atoms with Crippen LogP contribution < -0.4 is 26.6 Å². The zero-order chi connectivity index (χ0) is 37.1. The number of nitrogens with one attached hydrogen (secondary N) is 2. The molecule has 52 heavy (non-hydrogen) atoms. The zero-order valence-corrected chi connectivity index (χ0v) is 29.5. The molecule has 0 spiro atoms. The molecule has 4 heterocycles. The van der Waals surface area contributed by atoms with Crippen LogP contribution in [0.5, 0.6) is 5.88 Å². The van der Waals surface area contributed by atoms with Crippen molar-refractivity contribution in [3.63, 3.8) is 0 Å². The number of pyridine rings is 1. The van der Waals surface area contributed by atoms with Crippen LogP contribution in [0, 0.1) is 0 Å². The van der Waals surface area contributed by atoms with E-state index in [4.69, 9.17) is 37.7 Å². The maximum absolute atomic E-state index is 13.9. The Bertz CT molecular complexity index is 2350. The van der Waals surface area contributed by atoms with Gasteiger partial charge in [0.05, 0.1) is 41.2 Å². The first kappa shape index (κ1) is 35.8. The number of halogens is 5. The highest BCUT2D eigenvalue weighted by Crippen LogP contribution is 2.45. The summed E-state index contributed by atoms with van der Waals surface area (Å²) >= 11 is 14.0. The summed E-state index contributed by atoms with van der Waals surface area (Å²) in [6.07, 6.45) is -3.37. The third kappa shape index (κ3) is 6.30. The number of alkyl halides is 3. The van der Waals surface area contributed by atoms with Gasteiger partial charge < -0.3 is 25.2 Å². The minimum atomic E-state index is -4.99. The molecule has 1 saturated heterocycles. The first-order valence-electron chi connectivity index (χ1n) is 16.3. The number of aliphatic hydroxyl groups excluding tert-OH is 1. The van der Waals surface area contributed by atoms with E-state index in [9.17, 15) is 27.9 Å². The van der Waals surface area contributed by atoms with Gasteiger partial charge in [-0.25, -0.2) is 19.7 Å². The number of rotatable bonds is 7. The molecule has 0 radical (unpaired) electrons. The second-order valence-corrected chi connectivity index (χ2v) is 13.4. The third-order valence-electron chi connectivity index (χ3n) is 9.47. The summed E-state index contributed by atoms with van der Waals surface area (Å²) in [5, 5.41) is 16.8.